The van der Waals surface area contributed by atoms with Crippen LogP contribution in [-0.2, 0) is 11.0 Å². The van der Waals surface area contributed by atoms with Crippen LogP contribution in [0.5, 0.6) is 11.5 Å². The molecule has 2 aromatic rings. The first-order chi connectivity index (χ1) is 15.7. The molecule has 0 bridgehead atoms. The Bertz CT molecular complexity index is 904. The average molecular weight is 468 g/mol. The summed E-state index contributed by atoms with van der Waals surface area (Å²) in [6.45, 7) is 1.83. The first-order valence-corrected chi connectivity index (χ1v) is 10.4. The Kier molecular flexibility index (Phi) is 9.99. The molecule has 0 radical (unpaired) electrons. The second-order valence-corrected chi connectivity index (χ2v) is 7.20. The van der Waals surface area contributed by atoms with Crippen LogP contribution in [0.4, 0.5) is 13.2 Å². The number of nitrogens with one attached hydrogen (secondary N) is 2. The Morgan fingerprint density at radius 2 is 1.76 bits per heavy atom. The summed E-state index contributed by atoms with van der Waals surface area (Å²) < 4.78 is 48.8. The van der Waals surface area contributed by atoms with Crippen molar-refractivity contribution in [1.29, 1.82) is 0 Å². The van der Waals surface area contributed by atoms with Crippen LogP contribution in [0.1, 0.15) is 35.7 Å². The zero-order chi connectivity index (χ0) is 24.3. The molecule has 7 nitrogen and oxygen atoms in total. The molecular formula is C23H27F3N2O5. The molecule has 0 aliphatic rings. The van der Waals surface area contributed by atoms with Gasteiger partial charge in [-0.3, -0.25) is 9.59 Å². The van der Waals surface area contributed by atoms with Crippen molar-refractivity contribution in [2.75, 3.05) is 26.3 Å². The molecule has 180 valence electrons. The molecule has 0 spiro atoms. The third kappa shape index (κ3) is 9.40. The van der Waals surface area contributed by atoms with Gasteiger partial charge >= 0.3 is 6.18 Å². The van der Waals surface area contributed by atoms with Gasteiger partial charge in [0, 0.05) is 12.1 Å². The zero-order valence-electron chi connectivity index (χ0n) is 18.2. The van der Waals surface area contributed by atoms with Crippen LogP contribution in [0.3, 0.4) is 0 Å². The van der Waals surface area contributed by atoms with E-state index in [4.69, 9.17) is 9.47 Å². The number of aliphatic hydroxyl groups is 1. The summed E-state index contributed by atoms with van der Waals surface area (Å²) in [7, 11) is 0. The van der Waals surface area contributed by atoms with E-state index in [-0.39, 0.29) is 25.4 Å². The van der Waals surface area contributed by atoms with Crippen LogP contribution in [-0.4, -0.2) is 49.3 Å². The molecule has 2 amide bonds. The summed E-state index contributed by atoms with van der Waals surface area (Å²) >= 11 is 0. The number of hydrogen-bond acceptors (Lipinski definition) is 5. The zero-order valence-corrected chi connectivity index (χ0v) is 18.2. The van der Waals surface area contributed by atoms with Crippen LogP contribution in [0.15, 0.2) is 48.5 Å². The molecule has 0 aliphatic heterocycles. The minimum Gasteiger partial charge on any atom is -0.494 e. The highest BCUT2D eigenvalue weighted by molar-refractivity contribution is 5.96. The average Bonchev–Trinajstić information content (AvgIpc) is 2.80. The highest BCUT2D eigenvalue weighted by Gasteiger charge is 2.30. The quantitative estimate of drug-likeness (QED) is 0.416. The minimum absolute atomic E-state index is 0.0516. The molecule has 0 saturated heterocycles. The van der Waals surface area contributed by atoms with Crippen molar-refractivity contribution in [3.8, 4) is 11.5 Å². The monoisotopic (exact) mass is 468 g/mol. The standard InChI is InChI=1S/C23H27F3N2O5/c1-2-3-11-32-19-9-7-16(8-10-19)22(31)28-14-21(30)27-13-18(29)15-33-20-6-4-5-17(12-20)23(24,25)26/h4-10,12,18,29H,2-3,11,13-15H2,1H3,(H,27,30)(H,28,31). The lowest BCUT2D eigenvalue weighted by Gasteiger charge is -2.14. The van der Waals surface area contributed by atoms with E-state index in [9.17, 15) is 27.9 Å². The molecule has 0 aromatic heterocycles. The molecule has 2 rings (SSSR count). The van der Waals surface area contributed by atoms with Crippen molar-refractivity contribution < 1.29 is 37.3 Å². The van der Waals surface area contributed by atoms with E-state index < -0.39 is 29.7 Å². The van der Waals surface area contributed by atoms with E-state index in [2.05, 4.69) is 17.6 Å². The van der Waals surface area contributed by atoms with Crippen LogP contribution in [0, 0.1) is 0 Å². The van der Waals surface area contributed by atoms with Crippen LogP contribution in [0.2, 0.25) is 0 Å². The molecule has 0 heterocycles. The number of carbonyl (C=O) groups is 2. The van der Waals surface area contributed by atoms with Crippen molar-refractivity contribution in [3.05, 3.63) is 59.7 Å². The largest absolute Gasteiger partial charge is 0.494 e. The third-order valence-corrected chi connectivity index (χ3v) is 4.43. The summed E-state index contributed by atoms with van der Waals surface area (Å²) in [5.41, 5.74) is -0.502. The molecule has 1 atom stereocenters. The fourth-order valence-electron chi connectivity index (χ4n) is 2.61. The van der Waals surface area contributed by atoms with Gasteiger partial charge in [-0.05, 0) is 48.9 Å². The second kappa shape index (κ2) is 12.7. The maximum Gasteiger partial charge on any atom is 0.416 e. The summed E-state index contributed by atoms with van der Waals surface area (Å²) in [5, 5.41) is 14.8. The number of halogens is 3. The van der Waals surface area contributed by atoms with Gasteiger partial charge in [0.2, 0.25) is 5.91 Å². The van der Waals surface area contributed by atoms with Crippen LogP contribution in [0.25, 0.3) is 0 Å². The van der Waals surface area contributed by atoms with Gasteiger partial charge in [-0.25, -0.2) is 0 Å². The highest BCUT2D eigenvalue weighted by atomic mass is 19.4. The smallest absolute Gasteiger partial charge is 0.416 e. The van der Waals surface area contributed by atoms with Crippen molar-refractivity contribution in [3.63, 3.8) is 0 Å². The van der Waals surface area contributed by atoms with Crippen molar-refractivity contribution in [1.82, 2.24) is 10.6 Å². The number of benzene rings is 2. The molecule has 3 N–H and O–H groups in total. The molecule has 0 aliphatic carbocycles. The maximum atomic E-state index is 12.7. The van der Waals surface area contributed by atoms with Gasteiger partial charge in [-0.15, -0.1) is 0 Å². The summed E-state index contributed by atoms with van der Waals surface area (Å²) in [5.74, 6) is -0.386. The van der Waals surface area contributed by atoms with Crippen LogP contribution < -0.4 is 20.1 Å². The van der Waals surface area contributed by atoms with Gasteiger partial charge in [-0.2, -0.15) is 13.2 Å². The summed E-state index contributed by atoms with van der Waals surface area (Å²) in [4.78, 5) is 24.0. The number of hydrogen-bond donors (Lipinski definition) is 3. The fourth-order valence-corrected chi connectivity index (χ4v) is 2.61. The number of rotatable bonds is 12. The first kappa shape index (κ1) is 26.0. The van der Waals surface area contributed by atoms with E-state index in [0.717, 1.165) is 25.0 Å². The van der Waals surface area contributed by atoms with Crippen LogP contribution >= 0.6 is 0 Å². The van der Waals surface area contributed by atoms with Gasteiger partial charge in [0.1, 0.15) is 24.2 Å². The molecular weight excluding hydrogens is 441 g/mol. The van der Waals surface area contributed by atoms with Gasteiger partial charge in [0.15, 0.2) is 0 Å². The lowest BCUT2D eigenvalue weighted by Crippen LogP contribution is -2.41. The number of alkyl halides is 3. The normalized spacial score (nSPS) is 12.0. The van der Waals surface area contributed by atoms with E-state index >= 15 is 0 Å². The van der Waals surface area contributed by atoms with Crippen molar-refractivity contribution in [2.45, 2.75) is 32.0 Å². The van der Waals surface area contributed by atoms with E-state index in [1.165, 1.54) is 12.1 Å². The maximum absolute atomic E-state index is 12.7. The van der Waals surface area contributed by atoms with E-state index in [1.807, 2.05) is 0 Å². The van der Waals surface area contributed by atoms with Gasteiger partial charge in [0.25, 0.3) is 5.91 Å². The Labute approximate surface area is 189 Å². The Morgan fingerprint density at radius 1 is 1.03 bits per heavy atom. The van der Waals surface area contributed by atoms with Crippen molar-refractivity contribution in [2.24, 2.45) is 0 Å². The number of amides is 2. The van der Waals surface area contributed by atoms with Crippen molar-refractivity contribution >= 4 is 11.8 Å². The molecule has 0 saturated carbocycles. The molecule has 0 fully saturated rings. The third-order valence-electron chi connectivity index (χ3n) is 4.43. The molecule has 33 heavy (non-hydrogen) atoms. The molecule has 10 heteroatoms. The van der Waals surface area contributed by atoms with Gasteiger partial charge in [-0.1, -0.05) is 19.4 Å². The number of aliphatic hydroxyl groups excluding tert-OH is 1. The van der Waals surface area contributed by atoms with Gasteiger partial charge < -0.3 is 25.2 Å². The SMILES string of the molecule is CCCCOc1ccc(C(=O)NCC(=O)NCC(O)COc2cccc(C(F)(F)F)c2)cc1. The molecule has 2 aromatic carbocycles. The second-order valence-electron chi connectivity index (χ2n) is 7.20. The predicted octanol–water partition coefficient (Wildman–Crippen LogP) is 3.17. The Morgan fingerprint density at radius 3 is 2.42 bits per heavy atom. The predicted molar refractivity (Wildman–Crippen MR) is 115 cm³/mol. The lowest BCUT2D eigenvalue weighted by molar-refractivity contribution is -0.137. The topological polar surface area (TPSA) is 96.9 Å². The summed E-state index contributed by atoms with van der Waals surface area (Å²) in [6.07, 6.45) is -3.70. The number of ether oxygens (including phenoxy) is 2. The number of carbonyl (C=O) groups excluding carboxylic acids is 2. The highest BCUT2D eigenvalue weighted by Crippen LogP contribution is 2.31. The summed E-state index contributed by atoms with van der Waals surface area (Å²) in [6, 6.07) is 10.8. The lowest BCUT2D eigenvalue weighted by atomic mass is 10.2. The Balaban J connectivity index is 1.68. The van der Waals surface area contributed by atoms with Gasteiger partial charge in [0.05, 0.1) is 18.7 Å². The minimum atomic E-state index is -4.50. The Hall–Kier alpha value is -3.27. The molecule has 1 unspecified atom stereocenters. The van der Waals surface area contributed by atoms with E-state index in [0.29, 0.717) is 17.9 Å². The number of unbranched alkanes of at least 4 members (excludes halogenated alkanes) is 1. The first-order valence-electron chi connectivity index (χ1n) is 10.4. The van der Waals surface area contributed by atoms with E-state index in [1.54, 1.807) is 24.3 Å². The fraction of sp³-hybridized carbons (Fsp3) is 0.391.